The standard InChI is InChI=1S/C12H13NO7/c1-2-20-11(16)12(17,10(14)15)7-8-3-5-9(6-4-8)13(18)19/h3-6,17H,2,7H2,1H3,(H,14,15). The zero-order chi connectivity index (χ0) is 15.3. The summed E-state index contributed by atoms with van der Waals surface area (Å²) >= 11 is 0. The quantitative estimate of drug-likeness (QED) is 0.337. The number of aliphatic carboxylic acids is 1. The number of carboxylic acid groups (broad SMARTS) is 1. The van der Waals surface area contributed by atoms with Crippen molar-refractivity contribution >= 4 is 17.6 Å². The number of carbonyl (C=O) groups is 2. The van der Waals surface area contributed by atoms with Crippen LogP contribution in [0, 0.1) is 10.1 Å². The summed E-state index contributed by atoms with van der Waals surface area (Å²) in [7, 11) is 0. The third kappa shape index (κ3) is 3.29. The van der Waals surface area contributed by atoms with E-state index >= 15 is 0 Å². The molecule has 108 valence electrons. The minimum absolute atomic E-state index is 0.0747. The third-order valence-corrected chi connectivity index (χ3v) is 2.57. The number of hydrogen-bond acceptors (Lipinski definition) is 6. The van der Waals surface area contributed by atoms with Gasteiger partial charge in [-0.15, -0.1) is 0 Å². The van der Waals surface area contributed by atoms with E-state index < -0.39 is 28.9 Å². The van der Waals surface area contributed by atoms with Crippen molar-refractivity contribution in [1.82, 2.24) is 0 Å². The first-order valence-corrected chi connectivity index (χ1v) is 5.67. The van der Waals surface area contributed by atoms with Crippen LogP contribution in [-0.4, -0.2) is 39.3 Å². The Bertz CT molecular complexity index is 525. The molecule has 1 unspecified atom stereocenters. The van der Waals surface area contributed by atoms with E-state index in [1.165, 1.54) is 19.1 Å². The maximum atomic E-state index is 11.5. The number of nitro groups is 1. The van der Waals surface area contributed by atoms with Crippen LogP contribution in [0.1, 0.15) is 12.5 Å². The molecule has 0 aliphatic rings. The monoisotopic (exact) mass is 283 g/mol. The Labute approximate surface area is 113 Å². The maximum Gasteiger partial charge on any atom is 0.350 e. The van der Waals surface area contributed by atoms with E-state index in [4.69, 9.17) is 5.11 Å². The zero-order valence-corrected chi connectivity index (χ0v) is 10.6. The van der Waals surface area contributed by atoms with Crippen LogP contribution in [0.25, 0.3) is 0 Å². The zero-order valence-electron chi connectivity index (χ0n) is 10.6. The molecule has 1 aromatic carbocycles. The van der Waals surface area contributed by atoms with Crippen LogP contribution in [0.5, 0.6) is 0 Å². The predicted octanol–water partition coefficient (Wildman–Crippen LogP) is 0.516. The Kier molecular flexibility index (Phi) is 4.76. The van der Waals surface area contributed by atoms with Gasteiger partial charge < -0.3 is 14.9 Å². The number of nitro benzene ring substituents is 1. The van der Waals surface area contributed by atoms with E-state index in [9.17, 15) is 24.8 Å². The Hall–Kier alpha value is -2.48. The van der Waals surface area contributed by atoms with Gasteiger partial charge in [-0.2, -0.15) is 0 Å². The van der Waals surface area contributed by atoms with Gasteiger partial charge in [0, 0.05) is 18.6 Å². The first-order valence-electron chi connectivity index (χ1n) is 5.67. The van der Waals surface area contributed by atoms with Crippen LogP contribution in [0.4, 0.5) is 5.69 Å². The number of ether oxygens (including phenoxy) is 1. The van der Waals surface area contributed by atoms with Gasteiger partial charge in [0.25, 0.3) is 11.3 Å². The molecule has 1 rings (SSSR count). The maximum absolute atomic E-state index is 11.5. The van der Waals surface area contributed by atoms with Gasteiger partial charge in [-0.3, -0.25) is 10.1 Å². The molecule has 0 aliphatic carbocycles. The number of hydrogen-bond donors (Lipinski definition) is 2. The summed E-state index contributed by atoms with van der Waals surface area (Å²) in [6, 6.07) is 4.85. The number of nitrogens with zero attached hydrogens (tertiary/aromatic N) is 1. The molecule has 8 heteroatoms. The summed E-state index contributed by atoms with van der Waals surface area (Å²) in [5.74, 6) is -3.01. The average molecular weight is 283 g/mol. The van der Waals surface area contributed by atoms with Crippen molar-refractivity contribution in [1.29, 1.82) is 0 Å². The lowest BCUT2D eigenvalue weighted by Gasteiger charge is -2.21. The fraction of sp³-hybridized carbons (Fsp3) is 0.333. The van der Waals surface area contributed by atoms with Crippen molar-refractivity contribution in [3.05, 3.63) is 39.9 Å². The van der Waals surface area contributed by atoms with Crippen molar-refractivity contribution in [2.75, 3.05) is 6.61 Å². The van der Waals surface area contributed by atoms with Crippen molar-refractivity contribution < 1.29 is 29.5 Å². The Morgan fingerprint density at radius 1 is 1.35 bits per heavy atom. The number of carboxylic acids is 1. The highest BCUT2D eigenvalue weighted by atomic mass is 16.6. The highest BCUT2D eigenvalue weighted by Crippen LogP contribution is 2.19. The minimum Gasteiger partial charge on any atom is -0.479 e. The number of benzene rings is 1. The normalized spacial score (nSPS) is 13.3. The molecular formula is C12H13NO7. The molecule has 1 atom stereocenters. The number of aliphatic hydroxyl groups is 1. The highest BCUT2D eigenvalue weighted by molar-refractivity contribution is 6.02. The van der Waals surface area contributed by atoms with Crippen LogP contribution in [0.3, 0.4) is 0 Å². The first kappa shape index (κ1) is 15.6. The molecule has 0 heterocycles. The molecule has 0 spiro atoms. The number of carbonyl (C=O) groups excluding carboxylic acids is 1. The van der Waals surface area contributed by atoms with E-state index in [2.05, 4.69) is 4.74 Å². The molecule has 20 heavy (non-hydrogen) atoms. The summed E-state index contributed by atoms with van der Waals surface area (Å²) < 4.78 is 4.52. The molecule has 0 fully saturated rings. The third-order valence-electron chi connectivity index (χ3n) is 2.57. The minimum atomic E-state index is -2.72. The smallest absolute Gasteiger partial charge is 0.350 e. The van der Waals surface area contributed by atoms with Gasteiger partial charge in [0.1, 0.15) is 0 Å². The lowest BCUT2D eigenvalue weighted by molar-refractivity contribution is -0.384. The molecule has 0 aliphatic heterocycles. The summed E-state index contributed by atoms with van der Waals surface area (Å²) in [6.07, 6.45) is -0.542. The number of non-ortho nitro benzene ring substituents is 1. The lowest BCUT2D eigenvalue weighted by atomic mass is 9.94. The summed E-state index contributed by atoms with van der Waals surface area (Å²) in [5, 5.41) is 29.4. The first-order chi connectivity index (χ1) is 9.31. The van der Waals surface area contributed by atoms with Gasteiger partial charge in [-0.1, -0.05) is 12.1 Å². The second kappa shape index (κ2) is 6.11. The predicted molar refractivity (Wildman–Crippen MR) is 66.0 cm³/mol. The molecule has 1 aromatic rings. The van der Waals surface area contributed by atoms with Crippen LogP contribution < -0.4 is 0 Å². The van der Waals surface area contributed by atoms with Crippen LogP contribution in [0.15, 0.2) is 24.3 Å². The molecular weight excluding hydrogens is 270 g/mol. The van der Waals surface area contributed by atoms with Crippen molar-refractivity contribution in [3.8, 4) is 0 Å². The van der Waals surface area contributed by atoms with Crippen molar-refractivity contribution in [2.45, 2.75) is 18.9 Å². The largest absolute Gasteiger partial charge is 0.479 e. The van der Waals surface area contributed by atoms with Crippen LogP contribution in [0.2, 0.25) is 0 Å². The fourth-order valence-corrected chi connectivity index (χ4v) is 1.52. The van der Waals surface area contributed by atoms with Crippen molar-refractivity contribution in [2.24, 2.45) is 0 Å². The molecule has 2 N–H and O–H groups in total. The van der Waals surface area contributed by atoms with E-state index in [0.717, 1.165) is 12.1 Å². The van der Waals surface area contributed by atoms with Gasteiger partial charge >= 0.3 is 11.9 Å². The van der Waals surface area contributed by atoms with Crippen LogP contribution in [-0.2, 0) is 20.7 Å². The van der Waals surface area contributed by atoms with E-state index in [1.54, 1.807) is 0 Å². The summed E-state index contributed by atoms with van der Waals surface area (Å²) in [5.41, 5.74) is -2.64. The molecule has 0 saturated heterocycles. The van der Waals surface area contributed by atoms with Gasteiger partial charge in [0.05, 0.1) is 11.5 Å². The van der Waals surface area contributed by atoms with Crippen molar-refractivity contribution in [3.63, 3.8) is 0 Å². The van der Waals surface area contributed by atoms with Crippen LogP contribution >= 0.6 is 0 Å². The number of esters is 1. The van der Waals surface area contributed by atoms with Gasteiger partial charge in [-0.05, 0) is 12.5 Å². The summed E-state index contributed by atoms with van der Waals surface area (Å²) in [4.78, 5) is 32.5. The average Bonchev–Trinajstić information content (AvgIpc) is 2.39. The second-order valence-corrected chi connectivity index (χ2v) is 3.99. The van der Waals surface area contributed by atoms with Gasteiger partial charge in [0.15, 0.2) is 0 Å². The Morgan fingerprint density at radius 3 is 2.30 bits per heavy atom. The molecule has 0 aromatic heterocycles. The number of rotatable bonds is 6. The van der Waals surface area contributed by atoms with Gasteiger partial charge in [0.2, 0.25) is 0 Å². The highest BCUT2D eigenvalue weighted by Gasteiger charge is 2.46. The fourth-order valence-electron chi connectivity index (χ4n) is 1.52. The molecule has 8 nitrogen and oxygen atoms in total. The second-order valence-electron chi connectivity index (χ2n) is 3.99. The van der Waals surface area contributed by atoms with E-state index in [1.807, 2.05) is 0 Å². The SMILES string of the molecule is CCOC(=O)C(O)(Cc1ccc([N+](=O)[O-])cc1)C(=O)O. The topological polar surface area (TPSA) is 127 Å². The lowest BCUT2D eigenvalue weighted by Crippen LogP contribution is -2.49. The molecule has 0 amide bonds. The Morgan fingerprint density at radius 2 is 1.90 bits per heavy atom. The Balaban J connectivity index is 2.99. The molecule has 0 saturated carbocycles. The summed E-state index contributed by atoms with van der Waals surface area (Å²) in [6.45, 7) is 1.40. The van der Waals surface area contributed by atoms with E-state index in [0.29, 0.717) is 0 Å². The van der Waals surface area contributed by atoms with Gasteiger partial charge in [-0.25, -0.2) is 9.59 Å². The molecule has 0 bridgehead atoms. The van der Waals surface area contributed by atoms with E-state index in [-0.39, 0.29) is 17.9 Å². The molecule has 0 radical (unpaired) electrons.